The number of nitrogens with zero attached hydrogens (tertiary/aromatic N) is 1. The molecule has 1 amide bonds. The molecule has 1 heterocycles. The Balaban J connectivity index is 1.67. The Hall–Kier alpha value is -1.57. The van der Waals surface area contributed by atoms with E-state index in [1.807, 2.05) is 30.6 Å². The van der Waals surface area contributed by atoms with Gasteiger partial charge in [-0.3, -0.25) is 9.69 Å². The van der Waals surface area contributed by atoms with Gasteiger partial charge < -0.3 is 15.8 Å². The molecule has 4 N–H and O–H groups in total. The van der Waals surface area contributed by atoms with E-state index in [0.717, 1.165) is 35.9 Å². The quantitative estimate of drug-likeness (QED) is 0.421. The minimum Gasteiger partial charge on any atom is -0.508 e. The molecule has 2 rings (SSSR count). The number of carbonyl (C=O) groups excluding carboxylic acids is 1. The number of hydrogen-bond donors (Lipinski definition) is 3. The van der Waals surface area contributed by atoms with Gasteiger partial charge in [0.2, 0.25) is 5.91 Å². The average Bonchev–Trinajstić information content (AvgIpc) is 3.06. The number of amides is 1. The van der Waals surface area contributed by atoms with E-state index >= 15 is 0 Å². The SMILES string of the molecule is NC(=O)CN(CCCSc1ccc(O)cc1)CCSc1cc[nH]c1. The van der Waals surface area contributed by atoms with E-state index < -0.39 is 0 Å². The predicted molar refractivity (Wildman–Crippen MR) is 101 cm³/mol. The maximum absolute atomic E-state index is 11.2. The highest BCUT2D eigenvalue weighted by atomic mass is 32.2. The molecule has 2 aromatic rings. The van der Waals surface area contributed by atoms with Crippen LogP contribution in [0.15, 0.2) is 52.5 Å². The number of primary amides is 1. The monoisotopic (exact) mass is 365 g/mol. The Morgan fingerprint density at radius 1 is 1.08 bits per heavy atom. The van der Waals surface area contributed by atoms with Crippen LogP contribution in [0, 0.1) is 0 Å². The summed E-state index contributed by atoms with van der Waals surface area (Å²) in [7, 11) is 0. The van der Waals surface area contributed by atoms with Gasteiger partial charge in [-0.15, -0.1) is 23.5 Å². The third-order valence-electron chi connectivity index (χ3n) is 3.35. The highest BCUT2D eigenvalue weighted by Crippen LogP contribution is 2.21. The number of aromatic hydroxyl groups is 1. The number of thioether (sulfide) groups is 2. The number of rotatable bonds is 11. The lowest BCUT2D eigenvalue weighted by Gasteiger charge is -2.20. The Labute approximate surface area is 151 Å². The maximum Gasteiger partial charge on any atom is 0.231 e. The number of H-pyrrole nitrogens is 1. The standard InChI is InChI=1S/C17H23N3O2S2/c18-17(22)13-20(9-11-24-16-6-7-19-12-16)8-1-10-23-15-4-2-14(21)3-5-15/h2-7,12,19,21H,1,8-11,13H2,(H2,18,22). The zero-order valence-electron chi connectivity index (χ0n) is 13.5. The van der Waals surface area contributed by atoms with Crippen LogP contribution in [0.4, 0.5) is 0 Å². The number of phenolic OH excluding ortho intramolecular Hbond substituents is 1. The number of nitrogens with one attached hydrogen (secondary N) is 1. The highest BCUT2D eigenvalue weighted by molar-refractivity contribution is 7.99. The van der Waals surface area contributed by atoms with Gasteiger partial charge in [0.15, 0.2) is 0 Å². The lowest BCUT2D eigenvalue weighted by Crippen LogP contribution is -2.36. The van der Waals surface area contributed by atoms with Gasteiger partial charge in [-0.2, -0.15) is 0 Å². The van der Waals surface area contributed by atoms with Gasteiger partial charge in [0.1, 0.15) is 5.75 Å². The van der Waals surface area contributed by atoms with Crippen molar-refractivity contribution < 1.29 is 9.90 Å². The summed E-state index contributed by atoms with van der Waals surface area (Å²) < 4.78 is 0. The van der Waals surface area contributed by atoms with E-state index in [9.17, 15) is 9.90 Å². The molecule has 24 heavy (non-hydrogen) atoms. The third kappa shape index (κ3) is 7.33. The highest BCUT2D eigenvalue weighted by Gasteiger charge is 2.08. The maximum atomic E-state index is 11.2. The Kier molecular flexibility index (Phi) is 8.07. The lowest BCUT2D eigenvalue weighted by atomic mass is 10.3. The van der Waals surface area contributed by atoms with Crippen molar-refractivity contribution in [2.75, 3.05) is 31.1 Å². The van der Waals surface area contributed by atoms with Crippen molar-refractivity contribution in [3.8, 4) is 5.75 Å². The van der Waals surface area contributed by atoms with Crippen LogP contribution in [0.2, 0.25) is 0 Å². The summed E-state index contributed by atoms with van der Waals surface area (Å²) >= 11 is 3.51. The van der Waals surface area contributed by atoms with Crippen molar-refractivity contribution in [1.29, 1.82) is 0 Å². The molecule has 0 atom stereocenters. The van der Waals surface area contributed by atoms with E-state index in [4.69, 9.17) is 5.73 Å². The molecular weight excluding hydrogens is 342 g/mol. The summed E-state index contributed by atoms with van der Waals surface area (Å²) in [4.78, 5) is 18.7. The summed E-state index contributed by atoms with van der Waals surface area (Å²) in [5, 5.41) is 9.27. The van der Waals surface area contributed by atoms with Crippen LogP contribution in [0.1, 0.15) is 6.42 Å². The number of aromatic nitrogens is 1. The molecule has 0 radical (unpaired) electrons. The summed E-state index contributed by atoms with van der Waals surface area (Å²) in [6.07, 6.45) is 4.86. The molecule has 5 nitrogen and oxygen atoms in total. The second-order valence-electron chi connectivity index (χ2n) is 5.33. The second kappa shape index (κ2) is 10.3. The van der Waals surface area contributed by atoms with Gasteiger partial charge in [0.05, 0.1) is 6.54 Å². The number of benzene rings is 1. The summed E-state index contributed by atoms with van der Waals surface area (Å²) in [6, 6.07) is 9.25. The third-order valence-corrected chi connectivity index (χ3v) is 5.42. The van der Waals surface area contributed by atoms with E-state index in [2.05, 4.69) is 9.88 Å². The van der Waals surface area contributed by atoms with Crippen LogP contribution in [-0.4, -0.2) is 52.0 Å². The Morgan fingerprint density at radius 3 is 2.50 bits per heavy atom. The van der Waals surface area contributed by atoms with E-state index in [0.29, 0.717) is 6.54 Å². The van der Waals surface area contributed by atoms with Crippen molar-refractivity contribution in [2.45, 2.75) is 16.2 Å². The first-order valence-electron chi connectivity index (χ1n) is 7.81. The molecule has 0 saturated heterocycles. The van der Waals surface area contributed by atoms with Gasteiger partial charge in [-0.1, -0.05) is 0 Å². The number of hydrogen-bond acceptors (Lipinski definition) is 5. The van der Waals surface area contributed by atoms with Crippen LogP contribution in [0.3, 0.4) is 0 Å². The van der Waals surface area contributed by atoms with Crippen LogP contribution < -0.4 is 5.73 Å². The molecule has 0 aliphatic rings. The molecule has 7 heteroatoms. The van der Waals surface area contributed by atoms with Gasteiger partial charge >= 0.3 is 0 Å². The molecular formula is C17H23N3O2S2. The predicted octanol–water partition coefficient (Wildman–Crippen LogP) is 2.78. The van der Waals surface area contributed by atoms with Crippen LogP contribution in [-0.2, 0) is 4.79 Å². The molecule has 0 saturated carbocycles. The van der Waals surface area contributed by atoms with Crippen LogP contribution in [0.5, 0.6) is 5.75 Å². The van der Waals surface area contributed by atoms with Gasteiger partial charge in [-0.25, -0.2) is 0 Å². The number of nitrogens with two attached hydrogens (primary N) is 1. The fourth-order valence-electron chi connectivity index (χ4n) is 2.20. The second-order valence-corrected chi connectivity index (χ2v) is 7.67. The summed E-state index contributed by atoms with van der Waals surface area (Å²) in [6.45, 7) is 1.99. The molecule has 130 valence electrons. The first-order valence-corrected chi connectivity index (χ1v) is 9.78. The van der Waals surface area contributed by atoms with Crippen molar-refractivity contribution in [1.82, 2.24) is 9.88 Å². The lowest BCUT2D eigenvalue weighted by molar-refractivity contribution is -0.119. The minimum absolute atomic E-state index is 0.284. The zero-order valence-corrected chi connectivity index (χ0v) is 15.1. The van der Waals surface area contributed by atoms with Gasteiger partial charge in [-0.05, 0) is 49.1 Å². The fourth-order valence-corrected chi connectivity index (χ4v) is 3.94. The Morgan fingerprint density at radius 2 is 1.83 bits per heavy atom. The largest absolute Gasteiger partial charge is 0.508 e. The van der Waals surface area contributed by atoms with Crippen LogP contribution >= 0.6 is 23.5 Å². The van der Waals surface area contributed by atoms with Crippen molar-refractivity contribution in [2.24, 2.45) is 5.73 Å². The fraction of sp³-hybridized carbons (Fsp3) is 0.353. The first-order chi connectivity index (χ1) is 11.6. The van der Waals surface area contributed by atoms with E-state index in [1.165, 1.54) is 4.90 Å². The molecule has 0 bridgehead atoms. The zero-order chi connectivity index (χ0) is 17.2. The van der Waals surface area contributed by atoms with Crippen molar-refractivity contribution >= 4 is 29.4 Å². The molecule has 0 aliphatic carbocycles. The molecule has 0 spiro atoms. The average molecular weight is 366 g/mol. The summed E-state index contributed by atoms with van der Waals surface area (Å²) in [5.74, 6) is 1.89. The van der Waals surface area contributed by atoms with E-state index in [-0.39, 0.29) is 11.7 Å². The van der Waals surface area contributed by atoms with Gasteiger partial charge in [0, 0.05) is 34.5 Å². The normalized spacial score (nSPS) is 11.0. The Bertz CT molecular complexity index is 603. The van der Waals surface area contributed by atoms with Crippen LogP contribution in [0.25, 0.3) is 0 Å². The molecule has 1 aromatic carbocycles. The molecule has 0 unspecified atom stereocenters. The summed E-state index contributed by atoms with van der Waals surface area (Å²) in [5.41, 5.74) is 5.35. The van der Waals surface area contributed by atoms with E-state index in [1.54, 1.807) is 35.7 Å². The number of carbonyl (C=O) groups is 1. The smallest absolute Gasteiger partial charge is 0.231 e. The number of phenols is 1. The topological polar surface area (TPSA) is 82.3 Å². The molecule has 0 fully saturated rings. The minimum atomic E-state index is -0.284. The first kappa shape index (κ1) is 18.8. The molecule has 0 aliphatic heterocycles. The molecule has 1 aromatic heterocycles. The van der Waals surface area contributed by atoms with Crippen molar-refractivity contribution in [3.05, 3.63) is 42.7 Å². The van der Waals surface area contributed by atoms with Gasteiger partial charge in [0.25, 0.3) is 0 Å². The number of aromatic amines is 1. The van der Waals surface area contributed by atoms with Crippen molar-refractivity contribution in [3.63, 3.8) is 0 Å².